The predicted octanol–water partition coefficient (Wildman–Crippen LogP) is 6.71. The lowest BCUT2D eigenvalue weighted by atomic mass is 9.97. The van der Waals surface area contributed by atoms with Gasteiger partial charge in [-0.05, 0) is 80.1 Å². The van der Waals surface area contributed by atoms with E-state index in [0.717, 1.165) is 37.1 Å². The summed E-state index contributed by atoms with van der Waals surface area (Å²) in [6.45, 7) is 5.95. The third kappa shape index (κ3) is 6.89. The molecule has 2 amide bonds. The number of carbonyl (C=O) groups excluding carboxylic acids is 2. The second-order valence-corrected chi connectivity index (χ2v) is 9.43. The van der Waals surface area contributed by atoms with Gasteiger partial charge in [0.15, 0.2) is 0 Å². The largest absolute Gasteiger partial charge is 0.449 e. The molecule has 37 heavy (non-hydrogen) atoms. The lowest BCUT2D eigenvalue weighted by Crippen LogP contribution is -2.35. The summed E-state index contributed by atoms with van der Waals surface area (Å²) in [5.74, 6) is 0.0240. The summed E-state index contributed by atoms with van der Waals surface area (Å²) in [5, 5.41) is 6.28. The molecule has 1 aromatic heterocycles. The van der Waals surface area contributed by atoms with E-state index in [1.54, 1.807) is 48.8 Å². The van der Waals surface area contributed by atoms with Crippen molar-refractivity contribution in [3.8, 4) is 0 Å². The van der Waals surface area contributed by atoms with Crippen molar-refractivity contribution in [3.05, 3.63) is 89.8 Å². The summed E-state index contributed by atoms with van der Waals surface area (Å²) in [5.41, 5.74) is 4.41. The van der Waals surface area contributed by atoms with Gasteiger partial charge < -0.3 is 15.0 Å². The van der Waals surface area contributed by atoms with Gasteiger partial charge in [0.05, 0.1) is 18.0 Å². The minimum Gasteiger partial charge on any atom is -0.449 e. The number of piperidine rings is 1. The Hall–Kier alpha value is -3.84. The Morgan fingerprint density at radius 2 is 1.73 bits per heavy atom. The van der Waals surface area contributed by atoms with Crippen molar-refractivity contribution in [2.45, 2.75) is 26.7 Å². The van der Waals surface area contributed by atoms with Crippen LogP contribution in [0.15, 0.2) is 73.1 Å². The molecular weight excluding hydrogens is 488 g/mol. The summed E-state index contributed by atoms with van der Waals surface area (Å²) >= 11 is 6.24. The van der Waals surface area contributed by atoms with E-state index >= 15 is 0 Å². The SMILES string of the molecule is C/C=C(/Cl)c1ccc(C(=O)Nc2ccccc2NC(=O)OCC2CCN(c3ccncc3)CC2)cc1C. The molecule has 0 aliphatic carbocycles. The number of hydrogen-bond acceptors (Lipinski definition) is 5. The van der Waals surface area contributed by atoms with Gasteiger partial charge in [-0.25, -0.2) is 4.79 Å². The Bertz CT molecular complexity index is 1270. The van der Waals surface area contributed by atoms with Crippen molar-refractivity contribution < 1.29 is 14.3 Å². The number of nitrogens with one attached hydrogen (secondary N) is 2. The van der Waals surface area contributed by atoms with Crippen molar-refractivity contribution in [2.75, 3.05) is 35.2 Å². The van der Waals surface area contributed by atoms with Crippen LogP contribution in [0.5, 0.6) is 0 Å². The molecule has 2 heterocycles. The Labute approximate surface area is 222 Å². The number of anilines is 3. The minimum atomic E-state index is -0.542. The summed E-state index contributed by atoms with van der Waals surface area (Å²) in [4.78, 5) is 31.8. The Balaban J connectivity index is 1.30. The van der Waals surface area contributed by atoms with E-state index in [-0.39, 0.29) is 5.91 Å². The third-order valence-corrected chi connectivity index (χ3v) is 6.93. The van der Waals surface area contributed by atoms with Crippen molar-refractivity contribution in [1.82, 2.24) is 4.98 Å². The van der Waals surface area contributed by atoms with Gasteiger partial charge in [-0.15, -0.1) is 0 Å². The Kier molecular flexibility index (Phi) is 8.80. The molecule has 2 aromatic carbocycles. The van der Waals surface area contributed by atoms with Gasteiger partial charge >= 0.3 is 6.09 Å². The molecular formula is C29H31ClN4O3. The Morgan fingerprint density at radius 3 is 2.38 bits per heavy atom. The summed E-state index contributed by atoms with van der Waals surface area (Å²) in [6.07, 6.45) is 6.76. The maximum atomic E-state index is 12.9. The third-order valence-electron chi connectivity index (χ3n) is 6.50. The van der Waals surface area contributed by atoms with E-state index in [9.17, 15) is 9.59 Å². The molecule has 1 fully saturated rings. The molecule has 1 aliphatic rings. The average Bonchev–Trinajstić information content (AvgIpc) is 2.93. The summed E-state index contributed by atoms with van der Waals surface area (Å²) in [7, 11) is 0. The molecule has 0 saturated carbocycles. The molecule has 4 rings (SSSR count). The smallest absolute Gasteiger partial charge is 0.411 e. The number of aryl methyl sites for hydroxylation is 1. The number of rotatable bonds is 7. The first-order chi connectivity index (χ1) is 17.9. The second kappa shape index (κ2) is 12.4. The Morgan fingerprint density at radius 1 is 1.05 bits per heavy atom. The maximum absolute atomic E-state index is 12.9. The highest BCUT2D eigenvalue weighted by atomic mass is 35.5. The van der Waals surface area contributed by atoms with Crippen molar-refractivity contribution in [2.24, 2.45) is 5.92 Å². The monoisotopic (exact) mass is 518 g/mol. The van der Waals surface area contributed by atoms with Crippen LogP contribution < -0.4 is 15.5 Å². The molecule has 1 aliphatic heterocycles. The van der Waals surface area contributed by atoms with Crippen molar-refractivity contribution in [1.29, 1.82) is 0 Å². The van der Waals surface area contributed by atoms with E-state index in [2.05, 4.69) is 20.5 Å². The fourth-order valence-corrected chi connectivity index (χ4v) is 4.59. The first kappa shape index (κ1) is 26.2. The first-order valence-electron chi connectivity index (χ1n) is 12.4. The van der Waals surface area contributed by atoms with Gasteiger partial charge in [0.2, 0.25) is 0 Å². The molecule has 3 aromatic rings. The van der Waals surface area contributed by atoms with Gasteiger partial charge in [-0.1, -0.05) is 35.9 Å². The molecule has 0 radical (unpaired) electrons. The molecule has 0 spiro atoms. The normalized spacial score (nSPS) is 14.2. The second-order valence-electron chi connectivity index (χ2n) is 9.03. The number of halogens is 1. The summed E-state index contributed by atoms with van der Waals surface area (Å²) in [6, 6.07) is 16.4. The van der Waals surface area contributed by atoms with E-state index < -0.39 is 6.09 Å². The van der Waals surface area contributed by atoms with Crippen LogP contribution in [0.2, 0.25) is 0 Å². The van der Waals surface area contributed by atoms with Gasteiger partial charge in [0.1, 0.15) is 0 Å². The van der Waals surface area contributed by atoms with Crippen LogP contribution in [0.25, 0.3) is 5.03 Å². The predicted molar refractivity (Wildman–Crippen MR) is 149 cm³/mol. The number of aromatic nitrogens is 1. The molecule has 1 saturated heterocycles. The highest BCUT2D eigenvalue weighted by molar-refractivity contribution is 6.48. The van der Waals surface area contributed by atoms with E-state index in [1.807, 2.05) is 38.1 Å². The number of hydrogen-bond donors (Lipinski definition) is 2. The fraction of sp³-hybridized carbons (Fsp3) is 0.276. The van der Waals surface area contributed by atoms with E-state index in [0.29, 0.717) is 34.5 Å². The molecule has 0 bridgehead atoms. The number of ether oxygens (including phenoxy) is 1. The molecule has 2 N–H and O–H groups in total. The average molecular weight is 519 g/mol. The van der Waals surface area contributed by atoms with Crippen molar-refractivity contribution >= 4 is 45.7 Å². The van der Waals surface area contributed by atoms with Crippen LogP contribution in [0.3, 0.4) is 0 Å². The van der Waals surface area contributed by atoms with Crippen LogP contribution in [0, 0.1) is 12.8 Å². The van der Waals surface area contributed by atoms with E-state index in [1.165, 1.54) is 5.69 Å². The van der Waals surface area contributed by atoms with Crippen LogP contribution in [0.4, 0.5) is 21.9 Å². The van der Waals surface area contributed by atoms with Crippen LogP contribution >= 0.6 is 11.6 Å². The molecule has 0 atom stereocenters. The van der Waals surface area contributed by atoms with Gasteiger partial charge in [0.25, 0.3) is 5.91 Å². The molecule has 0 unspecified atom stereocenters. The molecule has 8 heteroatoms. The number of nitrogens with zero attached hydrogens (tertiary/aromatic N) is 2. The van der Waals surface area contributed by atoms with Crippen LogP contribution in [-0.4, -0.2) is 36.7 Å². The lowest BCUT2D eigenvalue weighted by molar-refractivity contribution is 0.102. The van der Waals surface area contributed by atoms with Gasteiger partial charge in [-0.2, -0.15) is 0 Å². The quantitative estimate of drug-likeness (QED) is 0.363. The van der Waals surface area contributed by atoms with Crippen LogP contribution in [0.1, 0.15) is 41.3 Å². The highest BCUT2D eigenvalue weighted by Gasteiger charge is 2.21. The number of benzene rings is 2. The highest BCUT2D eigenvalue weighted by Crippen LogP contribution is 2.26. The van der Waals surface area contributed by atoms with Crippen molar-refractivity contribution in [3.63, 3.8) is 0 Å². The fourth-order valence-electron chi connectivity index (χ4n) is 4.38. The number of allylic oxidation sites excluding steroid dienone is 1. The number of pyridine rings is 1. The summed E-state index contributed by atoms with van der Waals surface area (Å²) < 4.78 is 5.52. The molecule has 192 valence electrons. The topological polar surface area (TPSA) is 83.6 Å². The zero-order chi connectivity index (χ0) is 26.2. The number of carbonyl (C=O) groups is 2. The number of amides is 2. The lowest BCUT2D eigenvalue weighted by Gasteiger charge is -2.33. The zero-order valence-corrected chi connectivity index (χ0v) is 21.8. The molecule has 7 nitrogen and oxygen atoms in total. The van der Waals surface area contributed by atoms with Gasteiger partial charge in [-0.3, -0.25) is 15.1 Å². The maximum Gasteiger partial charge on any atom is 0.411 e. The van der Waals surface area contributed by atoms with E-state index in [4.69, 9.17) is 16.3 Å². The number of para-hydroxylation sites is 2. The zero-order valence-electron chi connectivity index (χ0n) is 21.0. The van der Waals surface area contributed by atoms with Crippen LogP contribution in [-0.2, 0) is 4.74 Å². The first-order valence-corrected chi connectivity index (χ1v) is 12.7. The minimum absolute atomic E-state index is 0.283. The van der Waals surface area contributed by atoms with Gasteiger partial charge in [0, 0.05) is 41.8 Å². The standard InChI is InChI=1S/C29H31ClN4O3/c1-3-25(30)24-9-8-22(18-20(24)2)28(35)32-26-6-4-5-7-27(26)33-29(36)37-19-21-12-16-34(17-13-21)23-10-14-31-15-11-23/h3-11,14-15,18,21H,12-13,16-17,19H2,1-2H3,(H,32,35)(H,33,36)/b25-3+.